The lowest BCUT2D eigenvalue weighted by atomic mass is 10.0. The molecule has 1 aliphatic heterocycles. The number of aliphatic carboxylic acids is 1. The summed E-state index contributed by atoms with van der Waals surface area (Å²) in [6.45, 7) is 4.64. The molecule has 1 aromatic carbocycles. The molecule has 3 amide bonds. The Morgan fingerprint density at radius 1 is 1.07 bits per heavy atom. The third kappa shape index (κ3) is 8.64. The summed E-state index contributed by atoms with van der Waals surface area (Å²) in [7, 11) is 1.64. The van der Waals surface area contributed by atoms with Crippen molar-refractivity contribution in [1.29, 1.82) is 0 Å². The first kappa shape index (κ1) is 32.2. The third-order valence-electron chi connectivity index (χ3n) is 7.41. The van der Waals surface area contributed by atoms with Crippen LogP contribution in [0.4, 0.5) is 9.59 Å². The lowest BCUT2D eigenvalue weighted by molar-refractivity contribution is -0.137. The maximum absolute atomic E-state index is 13.6. The van der Waals surface area contributed by atoms with Crippen molar-refractivity contribution in [3.05, 3.63) is 68.5 Å². The molecule has 10 nitrogen and oxygen atoms in total. The summed E-state index contributed by atoms with van der Waals surface area (Å²) in [5.41, 5.74) is 0.591. The summed E-state index contributed by atoms with van der Waals surface area (Å²) < 4.78 is 16.7. The van der Waals surface area contributed by atoms with E-state index >= 15 is 0 Å². The molecule has 1 unspecified atom stereocenters. The number of fused-ring (bicyclic) bond motifs is 1. The van der Waals surface area contributed by atoms with Gasteiger partial charge >= 0.3 is 18.1 Å². The first-order valence-corrected chi connectivity index (χ1v) is 16.2. The van der Waals surface area contributed by atoms with E-state index in [-0.39, 0.29) is 25.9 Å². The van der Waals surface area contributed by atoms with Crippen molar-refractivity contribution in [2.24, 2.45) is 0 Å². The summed E-state index contributed by atoms with van der Waals surface area (Å²) in [5, 5.41) is 16.4. The number of unbranched alkanes of at least 4 members (excludes halogenated alkanes) is 1. The van der Waals surface area contributed by atoms with Gasteiger partial charge in [-0.15, -0.1) is 22.7 Å². The molecule has 3 atom stereocenters. The number of hydrogen-bond donors (Lipinski definition) is 2. The molecular weight excluding hydrogens is 590 g/mol. The van der Waals surface area contributed by atoms with E-state index in [0.717, 1.165) is 29.0 Å². The minimum atomic E-state index is -1.05. The Kier molecular flexibility index (Phi) is 11.7. The molecule has 3 aromatic rings. The summed E-state index contributed by atoms with van der Waals surface area (Å²) in [5.74, 6) is 0.0209. The Morgan fingerprint density at radius 2 is 1.84 bits per heavy atom. The molecule has 1 aliphatic rings. The number of rotatable bonds is 15. The summed E-state index contributed by atoms with van der Waals surface area (Å²) >= 11 is 3.20. The van der Waals surface area contributed by atoms with Gasteiger partial charge in [0.15, 0.2) is 11.5 Å². The second-order valence-electron chi connectivity index (χ2n) is 10.3. The number of thiophene rings is 2. The van der Waals surface area contributed by atoms with Gasteiger partial charge in [0.1, 0.15) is 6.61 Å². The van der Waals surface area contributed by atoms with E-state index in [0.29, 0.717) is 30.0 Å². The van der Waals surface area contributed by atoms with Crippen molar-refractivity contribution < 1.29 is 33.7 Å². The highest BCUT2D eigenvalue weighted by Crippen LogP contribution is 2.35. The Morgan fingerprint density at radius 3 is 2.51 bits per heavy atom. The number of carbonyl (C=O) groups is 3. The van der Waals surface area contributed by atoms with Gasteiger partial charge in [-0.3, -0.25) is 9.69 Å². The number of amides is 3. The number of ether oxygens (including phenoxy) is 3. The molecule has 232 valence electrons. The van der Waals surface area contributed by atoms with Crippen molar-refractivity contribution in [3.8, 4) is 11.5 Å². The Balaban J connectivity index is 1.46. The maximum atomic E-state index is 13.6. The fraction of sp³-hybridized carbons (Fsp3) is 0.452. The van der Waals surface area contributed by atoms with Crippen molar-refractivity contribution >= 4 is 40.8 Å². The number of benzene rings is 1. The molecule has 4 rings (SSSR count). The quantitative estimate of drug-likeness (QED) is 0.185. The molecular formula is C31H39N3O7S2. The molecule has 0 bridgehead atoms. The molecule has 0 saturated carbocycles. The first-order valence-electron chi connectivity index (χ1n) is 14.4. The molecule has 0 fully saturated rings. The van der Waals surface area contributed by atoms with Crippen molar-refractivity contribution in [2.75, 3.05) is 20.4 Å². The van der Waals surface area contributed by atoms with Crippen LogP contribution < -0.4 is 14.8 Å². The zero-order chi connectivity index (χ0) is 30.8. The normalized spacial score (nSPS) is 14.0. The molecule has 0 saturated heterocycles. The van der Waals surface area contributed by atoms with Gasteiger partial charge in [0, 0.05) is 16.8 Å². The SMILES string of the molecule is CCCC[C@@H](COC(=O)N(Cc1cccs1)C(CC)c1cccs1)N(C)C(=O)N[C@H](CC(=O)O)c1ccc2c(c1)OCO2. The van der Waals surface area contributed by atoms with E-state index < -0.39 is 30.2 Å². The Hall–Kier alpha value is -3.77. The van der Waals surface area contributed by atoms with Crippen LogP contribution in [0.5, 0.6) is 11.5 Å². The number of hydrogen-bond acceptors (Lipinski definition) is 8. The van der Waals surface area contributed by atoms with Crippen LogP contribution in [0.15, 0.2) is 53.2 Å². The van der Waals surface area contributed by atoms with Gasteiger partial charge in [0.2, 0.25) is 6.79 Å². The van der Waals surface area contributed by atoms with Crippen LogP contribution in [0, 0.1) is 0 Å². The second kappa shape index (κ2) is 15.6. The Labute approximate surface area is 260 Å². The van der Waals surface area contributed by atoms with E-state index in [4.69, 9.17) is 14.2 Å². The summed E-state index contributed by atoms with van der Waals surface area (Å²) in [4.78, 5) is 44.2. The van der Waals surface area contributed by atoms with Crippen LogP contribution in [0.1, 0.15) is 73.4 Å². The average molecular weight is 630 g/mol. The van der Waals surface area contributed by atoms with Crippen LogP contribution in [0.2, 0.25) is 0 Å². The molecule has 0 radical (unpaired) electrons. The van der Waals surface area contributed by atoms with E-state index in [1.54, 1.807) is 52.8 Å². The van der Waals surface area contributed by atoms with Gasteiger partial charge in [0.25, 0.3) is 0 Å². The van der Waals surface area contributed by atoms with Gasteiger partial charge in [-0.2, -0.15) is 0 Å². The predicted molar refractivity (Wildman–Crippen MR) is 166 cm³/mol. The topological polar surface area (TPSA) is 118 Å². The molecule has 0 spiro atoms. The van der Waals surface area contributed by atoms with E-state index in [9.17, 15) is 19.5 Å². The molecule has 2 aromatic heterocycles. The van der Waals surface area contributed by atoms with Crippen molar-refractivity contribution in [2.45, 2.75) is 70.6 Å². The van der Waals surface area contributed by atoms with E-state index in [1.807, 2.05) is 35.0 Å². The molecule has 43 heavy (non-hydrogen) atoms. The Bertz CT molecular complexity index is 1330. The van der Waals surface area contributed by atoms with Gasteiger partial charge < -0.3 is 29.5 Å². The monoisotopic (exact) mass is 629 g/mol. The molecule has 12 heteroatoms. The summed E-state index contributed by atoms with van der Waals surface area (Å²) in [6.07, 6.45) is 2.33. The second-order valence-corrected chi connectivity index (χ2v) is 12.4. The molecule has 0 aliphatic carbocycles. The smallest absolute Gasteiger partial charge is 0.410 e. The number of nitrogens with zero attached hydrogens (tertiary/aromatic N) is 2. The number of likely N-dealkylation sites (N-methyl/N-ethyl adjacent to an activating group) is 1. The third-order valence-corrected chi connectivity index (χ3v) is 9.24. The fourth-order valence-electron chi connectivity index (χ4n) is 4.98. The highest BCUT2D eigenvalue weighted by atomic mass is 32.1. The zero-order valence-electron chi connectivity index (χ0n) is 24.7. The number of carboxylic acid groups (broad SMARTS) is 1. The van der Waals surface area contributed by atoms with Crippen LogP contribution in [0.25, 0.3) is 0 Å². The number of carboxylic acids is 1. The van der Waals surface area contributed by atoms with Gasteiger partial charge in [-0.25, -0.2) is 9.59 Å². The first-order chi connectivity index (χ1) is 20.8. The number of nitrogens with one attached hydrogen (secondary N) is 1. The van der Waals surface area contributed by atoms with Gasteiger partial charge in [-0.1, -0.05) is 44.9 Å². The highest BCUT2D eigenvalue weighted by molar-refractivity contribution is 7.10. The maximum Gasteiger partial charge on any atom is 0.410 e. The molecule has 2 N–H and O–H groups in total. The summed E-state index contributed by atoms with van der Waals surface area (Å²) in [6, 6.07) is 11.3. The van der Waals surface area contributed by atoms with Crippen molar-refractivity contribution in [1.82, 2.24) is 15.1 Å². The van der Waals surface area contributed by atoms with Crippen LogP contribution in [-0.4, -0.2) is 59.5 Å². The van der Waals surface area contributed by atoms with E-state index in [2.05, 4.69) is 19.2 Å². The van der Waals surface area contributed by atoms with Gasteiger partial charge in [-0.05, 0) is 53.4 Å². The van der Waals surface area contributed by atoms with Crippen molar-refractivity contribution in [3.63, 3.8) is 0 Å². The van der Waals surface area contributed by atoms with Crippen LogP contribution >= 0.6 is 22.7 Å². The van der Waals surface area contributed by atoms with Crippen LogP contribution in [-0.2, 0) is 16.1 Å². The lowest BCUT2D eigenvalue weighted by Gasteiger charge is -2.33. The van der Waals surface area contributed by atoms with Gasteiger partial charge in [0.05, 0.1) is 31.1 Å². The minimum absolute atomic E-state index is 0.0121. The molecule has 3 heterocycles. The minimum Gasteiger partial charge on any atom is -0.481 e. The highest BCUT2D eigenvalue weighted by Gasteiger charge is 2.30. The largest absolute Gasteiger partial charge is 0.481 e. The zero-order valence-corrected chi connectivity index (χ0v) is 26.3. The predicted octanol–water partition coefficient (Wildman–Crippen LogP) is 7.04. The average Bonchev–Trinajstić information content (AvgIpc) is 3.79. The van der Waals surface area contributed by atoms with E-state index in [1.165, 1.54) is 4.90 Å². The fourth-order valence-corrected chi connectivity index (χ4v) is 6.61. The number of carbonyl (C=O) groups excluding carboxylic acids is 2. The lowest BCUT2D eigenvalue weighted by Crippen LogP contribution is -2.47. The standard InChI is InChI=1S/C31H39N3O7S2/c1-4-6-9-22(19-39-31(38)34(18-23-10-7-14-42-23)25(5-2)28-11-8-15-43-28)33(3)30(37)32-24(17-29(35)36)21-12-13-26-27(16-21)41-20-40-26/h7-8,10-16,22,24-25H,4-6,9,17-20H2,1-3H3,(H,32,37)(H,35,36)/t22-,24+,25?/m0/s1. The van der Waals surface area contributed by atoms with Crippen LogP contribution in [0.3, 0.4) is 0 Å². The number of urea groups is 1.